The predicted octanol–water partition coefficient (Wildman–Crippen LogP) is 0.704. The third kappa shape index (κ3) is 7.92. The van der Waals surface area contributed by atoms with E-state index in [1.807, 2.05) is 0 Å². The Labute approximate surface area is 64.8 Å². The maximum atomic E-state index is 2.31. The van der Waals surface area contributed by atoms with Gasteiger partial charge in [-0.2, -0.15) is 0 Å². The van der Waals surface area contributed by atoms with Gasteiger partial charge in [-0.05, 0) is 47.6 Å². The van der Waals surface area contributed by atoms with E-state index in [0.717, 1.165) is 13.1 Å². The topological polar surface area (TPSA) is 6.48 Å². The summed E-state index contributed by atoms with van der Waals surface area (Å²) >= 11 is 0. The van der Waals surface area contributed by atoms with Gasteiger partial charge in [-0.15, -0.1) is 0 Å². The van der Waals surface area contributed by atoms with Crippen molar-refractivity contribution >= 4 is 0 Å². The van der Waals surface area contributed by atoms with Crippen LogP contribution in [0, 0.1) is 6.42 Å². The van der Waals surface area contributed by atoms with E-state index >= 15 is 0 Å². The lowest BCUT2D eigenvalue weighted by molar-refractivity contribution is 0.390. The highest BCUT2D eigenvalue weighted by atomic mass is 15.1. The summed E-state index contributed by atoms with van der Waals surface area (Å²) in [5.41, 5.74) is 0. The van der Waals surface area contributed by atoms with Crippen LogP contribution in [0.3, 0.4) is 0 Å². The molecular formula is C8H19N2. The van der Waals surface area contributed by atoms with Gasteiger partial charge in [-0.1, -0.05) is 0 Å². The third-order valence-electron chi connectivity index (χ3n) is 1.27. The molecule has 0 aliphatic heterocycles. The summed E-state index contributed by atoms with van der Waals surface area (Å²) in [6.07, 6.45) is 3.49. The molecule has 0 unspecified atom stereocenters. The van der Waals surface area contributed by atoms with Gasteiger partial charge < -0.3 is 9.80 Å². The summed E-state index contributed by atoms with van der Waals surface area (Å²) in [5, 5.41) is 0. The van der Waals surface area contributed by atoms with Gasteiger partial charge in [0.1, 0.15) is 0 Å². The molecule has 10 heavy (non-hydrogen) atoms. The Morgan fingerprint density at radius 1 is 1.00 bits per heavy atom. The van der Waals surface area contributed by atoms with Gasteiger partial charge in [0.25, 0.3) is 0 Å². The summed E-state index contributed by atoms with van der Waals surface area (Å²) in [6, 6.07) is 0. The molecule has 0 fully saturated rings. The van der Waals surface area contributed by atoms with Gasteiger partial charge >= 0.3 is 0 Å². The molecule has 0 saturated heterocycles. The van der Waals surface area contributed by atoms with Crippen molar-refractivity contribution in [1.29, 1.82) is 0 Å². The predicted molar refractivity (Wildman–Crippen MR) is 46.0 cm³/mol. The lowest BCUT2D eigenvalue weighted by Gasteiger charge is -2.11. The fourth-order valence-corrected chi connectivity index (χ4v) is 0.699. The Hall–Kier alpha value is -0.0800. The van der Waals surface area contributed by atoms with Crippen LogP contribution in [-0.4, -0.2) is 51.1 Å². The minimum Gasteiger partial charge on any atom is -0.309 e. The minimum atomic E-state index is 1.09. The van der Waals surface area contributed by atoms with Crippen molar-refractivity contribution in [3.8, 4) is 0 Å². The second-order valence-corrected chi connectivity index (χ2v) is 3.14. The van der Waals surface area contributed by atoms with Gasteiger partial charge in [-0.25, -0.2) is 0 Å². The zero-order chi connectivity index (χ0) is 7.98. The van der Waals surface area contributed by atoms with Crippen molar-refractivity contribution in [3.63, 3.8) is 0 Å². The van der Waals surface area contributed by atoms with Gasteiger partial charge in [0.2, 0.25) is 0 Å². The Morgan fingerprint density at radius 3 is 2.00 bits per heavy atom. The lowest BCUT2D eigenvalue weighted by Crippen LogP contribution is -2.17. The molecule has 61 valence electrons. The molecule has 0 saturated carbocycles. The van der Waals surface area contributed by atoms with Crippen LogP contribution >= 0.6 is 0 Å². The molecule has 0 rings (SSSR count). The fourth-order valence-electron chi connectivity index (χ4n) is 0.699. The van der Waals surface area contributed by atoms with E-state index in [1.165, 1.54) is 6.42 Å². The van der Waals surface area contributed by atoms with Crippen LogP contribution in [0.5, 0.6) is 0 Å². The molecule has 0 aliphatic carbocycles. The van der Waals surface area contributed by atoms with Gasteiger partial charge in [0, 0.05) is 6.54 Å². The molecule has 0 N–H and O–H groups in total. The second-order valence-electron chi connectivity index (χ2n) is 3.14. The molecular weight excluding hydrogens is 124 g/mol. The van der Waals surface area contributed by atoms with Crippen molar-refractivity contribution in [2.24, 2.45) is 0 Å². The Balaban J connectivity index is 2.91. The summed E-state index contributed by atoms with van der Waals surface area (Å²) < 4.78 is 0. The smallest absolute Gasteiger partial charge is 0.000717 e. The highest BCUT2D eigenvalue weighted by molar-refractivity contribution is 4.68. The molecule has 2 nitrogen and oxygen atoms in total. The SMILES string of the molecule is CN(C)C[CH]CCN(C)C. The molecule has 0 spiro atoms. The molecule has 0 atom stereocenters. The van der Waals surface area contributed by atoms with E-state index in [9.17, 15) is 0 Å². The third-order valence-corrected chi connectivity index (χ3v) is 1.27. The molecule has 0 aromatic rings. The molecule has 0 bridgehead atoms. The Morgan fingerprint density at radius 2 is 1.60 bits per heavy atom. The first kappa shape index (κ1) is 9.92. The summed E-state index contributed by atoms with van der Waals surface area (Å²) in [5.74, 6) is 0. The van der Waals surface area contributed by atoms with Crippen molar-refractivity contribution < 1.29 is 0 Å². The van der Waals surface area contributed by atoms with E-state index in [-0.39, 0.29) is 0 Å². The molecule has 0 aromatic heterocycles. The van der Waals surface area contributed by atoms with Crippen LogP contribution in [0.1, 0.15) is 6.42 Å². The average Bonchev–Trinajstić information content (AvgIpc) is 1.79. The zero-order valence-electron chi connectivity index (χ0n) is 7.59. The summed E-state index contributed by atoms with van der Waals surface area (Å²) in [6.45, 7) is 2.25. The summed E-state index contributed by atoms with van der Waals surface area (Å²) in [7, 11) is 8.38. The summed E-state index contributed by atoms with van der Waals surface area (Å²) in [4.78, 5) is 4.38. The Bertz CT molecular complexity index is 59.7. The maximum absolute atomic E-state index is 2.31. The van der Waals surface area contributed by atoms with Gasteiger partial charge in [-0.3, -0.25) is 0 Å². The quantitative estimate of drug-likeness (QED) is 0.523. The van der Waals surface area contributed by atoms with Crippen LogP contribution < -0.4 is 0 Å². The Kier molecular flexibility index (Phi) is 5.64. The molecule has 0 aromatic carbocycles. The number of rotatable bonds is 5. The van der Waals surface area contributed by atoms with Gasteiger partial charge in [0.05, 0.1) is 0 Å². The highest BCUT2D eigenvalue weighted by Gasteiger charge is 1.92. The second kappa shape index (κ2) is 5.69. The number of nitrogens with zero attached hydrogens (tertiary/aromatic N) is 2. The van der Waals surface area contributed by atoms with E-state index in [4.69, 9.17) is 0 Å². The van der Waals surface area contributed by atoms with Crippen LogP contribution in [-0.2, 0) is 0 Å². The molecule has 0 heterocycles. The van der Waals surface area contributed by atoms with Crippen LogP contribution in [0.2, 0.25) is 0 Å². The van der Waals surface area contributed by atoms with Gasteiger partial charge in [0.15, 0.2) is 0 Å². The first-order valence-electron chi connectivity index (χ1n) is 3.74. The van der Waals surface area contributed by atoms with Crippen molar-refractivity contribution in [3.05, 3.63) is 6.42 Å². The van der Waals surface area contributed by atoms with E-state index in [0.29, 0.717) is 0 Å². The van der Waals surface area contributed by atoms with Crippen molar-refractivity contribution in [2.45, 2.75) is 6.42 Å². The number of hydrogen-bond acceptors (Lipinski definition) is 2. The van der Waals surface area contributed by atoms with Crippen molar-refractivity contribution in [2.75, 3.05) is 41.3 Å². The largest absolute Gasteiger partial charge is 0.309 e. The molecule has 0 aliphatic rings. The maximum Gasteiger partial charge on any atom is 0.000717 e. The number of hydrogen-bond donors (Lipinski definition) is 0. The van der Waals surface area contributed by atoms with Crippen LogP contribution in [0.15, 0.2) is 0 Å². The zero-order valence-corrected chi connectivity index (χ0v) is 7.59. The normalized spacial score (nSPS) is 11.4. The standard InChI is InChI=1S/C8H19N2/c1-9(2)7-5-6-8-10(3)4/h5H,6-8H2,1-4H3. The number of unbranched alkanes of at least 4 members (excludes halogenated alkanes) is 1. The molecule has 2 heteroatoms. The first-order chi connectivity index (χ1) is 4.63. The van der Waals surface area contributed by atoms with Crippen LogP contribution in [0.4, 0.5) is 0 Å². The molecule has 1 radical (unpaired) electrons. The highest BCUT2D eigenvalue weighted by Crippen LogP contribution is 1.89. The first-order valence-corrected chi connectivity index (χ1v) is 3.74. The van der Waals surface area contributed by atoms with Crippen molar-refractivity contribution in [1.82, 2.24) is 9.80 Å². The van der Waals surface area contributed by atoms with E-state index < -0.39 is 0 Å². The van der Waals surface area contributed by atoms with Crippen LogP contribution in [0.25, 0.3) is 0 Å². The van der Waals surface area contributed by atoms with E-state index in [1.54, 1.807) is 0 Å². The lowest BCUT2D eigenvalue weighted by atomic mass is 10.3. The molecule has 0 amide bonds. The van der Waals surface area contributed by atoms with E-state index in [2.05, 4.69) is 44.4 Å². The minimum absolute atomic E-state index is 1.09. The fraction of sp³-hybridized carbons (Fsp3) is 0.875. The average molecular weight is 143 g/mol. The monoisotopic (exact) mass is 143 g/mol.